The van der Waals surface area contributed by atoms with Crippen LogP contribution in [0.1, 0.15) is 31.4 Å². The summed E-state index contributed by atoms with van der Waals surface area (Å²) in [6.07, 6.45) is 0.773. The third-order valence-electron chi connectivity index (χ3n) is 4.23. The van der Waals surface area contributed by atoms with E-state index in [9.17, 15) is 13.6 Å². The van der Waals surface area contributed by atoms with E-state index in [1.54, 1.807) is 31.5 Å². The van der Waals surface area contributed by atoms with Crippen LogP contribution in [-0.2, 0) is 0 Å². The zero-order chi connectivity index (χ0) is 18.8. The van der Waals surface area contributed by atoms with Crippen LogP contribution in [0.15, 0.2) is 47.5 Å². The number of aromatic amines is 2. The summed E-state index contributed by atoms with van der Waals surface area (Å²) in [6, 6.07) is 8.06. The number of alkyl halides is 2. The fourth-order valence-electron chi connectivity index (χ4n) is 3.04. The Morgan fingerprint density at radius 3 is 2.50 bits per heavy atom. The minimum Gasteiger partial charge on any atom is -0.353 e. The van der Waals surface area contributed by atoms with E-state index in [0.717, 1.165) is 11.1 Å². The van der Waals surface area contributed by atoms with Crippen molar-refractivity contribution in [3.8, 4) is 11.1 Å². The van der Waals surface area contributed by atoms with Crippen molar-refractivity contribution in [1.82, 2.24) is 15.0 Å². The Kier molecular flexibility index (Phi) is 4.84. The van der Waals surface area contributed by atoms with Crippen LogP contribution in [0, 0.1) is 6.92 Å². The molecule has 4 nitrogen and oxygen atoms in total. The first-order valence-electron chi connectivity index (χ1n) is 8.43. The lowest BCUT2D eigenvalue weighted by Crippen LogP contribution is -2.10. The minimum atomic E-state index is -2.56. The summed E-state index contributed by atoms with van der Waals surface area (Å²) in [5, 5.41) is 0.574. The van der Waals surface area contributed by atoms with Crippen LogP contribution in [0.5, 0.6) is 0 Å². The van der Waals surface area contributed by atoms with Crippen LogP contribution in [0.3, 0.4) is 0 Å². The van der Waals surface area contributed by atoms with Crippen molar-refractivity contribution in [2.24, 2.45) is 0 Å². The van der Waals surface area contributed by atoms with Gasteiger partial charge in [-0.15, -0.1) is 0 Å². The number of halogens is 2. The number of aromatic nitrogens is 3. The van der Waals surface area contributed by atoms with Crippen molar-refractivity contribution in [3.63, 3.8) is 0 Å². The number of hydrogen-bond acceptors (Lipinski definition) is 2. The second kappa shape index (κ2) is 7.07. The van der Waals surface area contributed by atoms with Crippen LogP contribution in [0.4, 0.5) is 8.78 Å². The quantitative estimate of drug-likeness (QED) is 0.509. The molecule has 6 heteroatoms. The van der Waals surface area contributed by atoms with E-state index in [4.69, 9.17) is 0 Å². The predicted octanol–water partition coefficient (Wildman–Crippen LogP) is 5.34. The number of benzene rings is 1. The fraction of sp³-hybridized carbons (Fsp3) is 0.200. The summed E-state index contributed by atoms with van der Waals surface area (Å²) in [4.78, 5) is 22.5. The zero-order valence-electron chi connectivity index (χ0n) is 14.7. The lowest BCUT2D eigenvalue weighted by molar-refractivity contribution is 0.151. The SMILES string of the molecule is CC.Cc1c(-c2cccnc2)c2[nH]c3ccc(C(F)F)cc3c2[nH]c1=O. The molecular formula is C20H19F2N3O. The Bertz CT molecular complexity index is 1110. The topological polar surface area (TPSA) is 61.5 Å². The number of H-pyrrole nitrogens is 2. The van der Waals surface area contributed by atoms with Gasteiger partial charge in [0, 0.05) is 45.6 Å². The molecule has 0 spiro atoms. The van der Waals surface area contributed by atoms with Gasteiger partial charge in [0.2, 0.25) is 0 Å². The van der Waals surface area contributed by atoms with Gasteiger partial charge in [-0.2, -0.15) is 0 Å². The van der Waals surface area contributed by atoms with Gasteiger partial charge in [0.15, 0.2) is 0 Å². The highest BCUT2D eigenvalue weighted by molar-refractivity contribution is 6.10. The van der Waals surface area contributed by atoms with Crippen molar-refractivity contribution in [1.29, 1.82) is 0 Å². The first kappa shape index (κ1) is 17.8. The Morgan fingerprint density at radius 1 is 1.08 bits per heavy atom. The summed E-state index contributed by atoms with van der Waals surface area (Å²) in [6.45, 7) is 5.73. The van der Waals surface area contributed by atoms with E-state index in [1.807, 2.05) is 19.9 Å². The summed E-state index contributed by atoms with van der Waals surface area (Å²) in [5.74, 6) is 0. The molecule has 0 radical (unpaired) electrons. The molecule has 4 aromatic rings. The highest BCUT2D eigenvalue weighted by atomic mass is 19.3. The van der Waals surface area contributed by atoms with E-state index in [0.29, 0.717) is 27.5 Å². The standard InChI is InChI=1S/C18H13F2N3O.C2H6/c1-9-14(11-3-2-6-21-8-11)16-15(23-18(9)24)12-7-10(17(19)20)4-5-13(12)22-16;1-2/h2-8,17,22H,1H3,(H,23,24);1-2H3. The van der Waals surface area contributed by atoms with Crippen molar-refractivity contribution in [3.05, 3.63) is 64.2 Å². The van der Waals surface area contributed by atoms with Gasteiger partial charge in [0.25, 0.3) is 12.0 Å². The molecular weight excluding hydrogens is 336 g/mol. The van der Waals surface area contributed by atoms with E-state index in [2.05, 4.69) is 15.0 Å². The summed E-state index contributed by atoms with van der Waals surface area (Å²) < 4.78 is 26.0. The number of nitrogens with zero attached hydrogens (tertiary/aromatic N) is 1. The van der Waals surface area contributed by atoms with Crippen LogP contribution < -0.4 is 5.56 Å². The van der Waals surface area contributed by atoms with Gasteiger partial charge in [-0.05, 0) is 25.1 Å². The summed E-state index contributed by atoms with van der Waals surface area (Å²) in [5.41, 5.74) is 3.70. The highest BCUT2D eigenvalue weighted by Gasteiger charge is 2.17. The molecule has 0 saturated carbocycles. The third-order valence-corrected chi connectivity index (χ3v) is 4.23. The van der Waals surface area contributed by atoms with Gasteiger partial charge < -0.3 is 9.97 Å². The van der Waals surface area contributed by atoms with Gasteiger partial charge in [-0.1, -0.05) is 26.0 Å². The average Bonchev–Trinajstić information content (AvgIpc) is 3.02. The highest BCUT2D eigenvalue weighted by Crippen LogP contribution is 2.34. The molecule has 0 fully saturated rings. The van der Waals surface area contributed by atoms with Crippen LogP contribution >= 0.6 is 0 Å². The Morgan fingerprint density at radius 2 is 1.85 bits per heavy atom. The molecule has 1 aromatic carbocycles. The minimum absolute atomic E-state index is 0.0762. The van der Waals surface area contributed by atoms with Gasteiger partial charge in [-0.25, -0.2) is 8.78 Å². The van der Waals surface area contributed by atoms with Crippen LogP contribution in [0.2, 0.25) is 0 Å². The molecule has 0 saturated heterocycles. The molecule has 0 aliphatic heterocycles. The molecule has 0 bridgehead atoms. The Labute approximate surface area is 148 Å². The number of hydrogen-bond donors (Lipinski definition) is 2. The number of fused-ring (bicyclic) bond motifs is 3. The zero-order valence-corrected chi connectivity index (χ0v) is 14.7. The van der Waals surface area contributed by atoms with Crippen molar-refractivity contribution >= 4 is 21.9 Å². The van der Waals surface area contributed by atoms with Crippen molar-refractivity contribution in [2.75, 3.05) is 0 Å². The molecule has 134 valence electrons. The normalized spacial score (nSPS) is 11.0. The lowest BCUT2D eigenvalue weighted by atomic mass is 10.0. The predicted molar refractivity (Wildman–Crippen MR) is 101 cm³/mol. The van der Waals surface area contributed by atoms with E-state index in [-0.39, 0.29) is 11.1 Å². The van der Waals surface area contributed by atoms with Crippen molar-refractivity contribution in [2.45, 2.75) is 27.2 Å². The van der Waals surface area contributed by atoms with E-state index < -0.39 is 6.43 Å². The fourth-order valence-corrected chi connectivity index (χ4v) is 3.04. The molecule has 0 aliphatic rings. The third kappa shape index (κ3) is 2.87. The molecule has 3 aromatic heterocycles. The number of pyridine rings is 2. The Balaban J connectivity index is 0.000000948. The van der Waals surface area contributed by atoms with Gasteiger partial charge in [0.05, 0.1) is 11.0 Å². The number of rotatable bonds is 2. The van der Waals surface area contributed by atoms with Crippen molar-refractivity contribution < 1.29 is 8.78 Å². The molecule has 0 atom stereocenters. The molecule has 0 amide bonds. The van der Waals surface area contributed by atoms with Gasteiger partial charge in [0.1, 0.15) is 0 Å². The van der Waals surface area contributed by atoms with Crippen LogP contribution in [-0.4, -0.2) is 15.0 Å². The lowest BCUT2D eigenvalue weighted by Gasteiger charge is -2.06. The second-order valence-corrected chi connectivity index (χ2v) is 5.68. The molecule has 0 unspecified atom stereocenters. The maximum absolute atomic E-state index is 13.0. The molecule has 4 rings (SSSR count). The monoisotopic (exact) mass is 355 g/mol. The summed E-state index contributed by atoms with van der Waals surface area (Å²) >= 11 is 0. The maximum Gasteiger partial charge on any atom is 0.263 e. The van der Waals surface area contributed by atoms with Crippen LogP contribution in [0.25, 0.3) is 33.1 Å². The molecule has 2 N–H and O–H groups in total. The first-order valence-corrected chi connectivity index (χ1v) is 8.43. The van der Waals surface area contributed by atoms with E-state index in [1.165, 1.54) is 12.1 Å². The molecule has 26 heavy (non-hydrogen) atoms. The first-order chi connectivity index (χ1) is 12.6. The average molecular weight is 355 g/mol. The van der Waals surface area contributed by atoms with E-state index >= 15 is 0 Å². The smallest absolute Gasteiger partial charge is 0.263 e. The largest absolute Gasteiger partial charge is 0.353 e. The molecule has 0 aliphatic carbocycles. The maximum atomic E-state index is 13.0. The second-order valence-electron chi connectivity index (χ2n) is 5.68. The van der Waals surface area contributed by atoms with Gasteiger partial charge >= 0.3 is 0 Å². The number of nitrogens with one attached hydrogen (secondary N) is 2. The van der Waals surface area contributed by atoms with Gasteiger partial charge in [-0.3, -0.25) is 9.78 Å². The molecule has 3 heterocycles. The Hall–Kier alpha value is -3.02. The summed E-state index contributed by atoms with van der Waals surface area (Å²) in [7, 11) is 0.